The van der Waals surface area contributed by atoms with Crippen LogP contribution >= 0.6 is 0 Å². The van der Waals surface area contributed by atoms with Crippen molar-refractivity contribution in [2.24, 2.45) is 0 Å². The third kappa shape index (κ3) is 6.46. The van der Waals surface area contributed by atoms with Gasteiger partial charge < -0.3 is 20.1 Å². The second-order valence-corrected chi connectivity index (χ2v) is 5.14. The molecule has 0 heterocycles. The van der Waals surface area contributed by atoms with Gasteiger partial charge in [-0.05, 0) is 30.8 Å². The van der Waals surface area contributed by atoms with Crippen molar-refractivity contribution in [3.63, 3.8) is 0 Å². The molecule has 0 fully saturated rings. The van der Waals surface area contributed by atoms with E-state index in [-0.39, 0.29) is 12.1 Å². The number of carbonyl (C=O) groups is 1. The zero-order chi connectivity index (χ0) is 17.1. The molecule has 0 saturated heterocycles. The van der Waals surface area contributed by atoms with Crippen LogP contribution in [-0.4, -0.2) is 57.9 Å². The van der Waals surface area contributed by atoms with E-state index in [9.17, 15) is 4.79 Å². The van der Waals surface area contributed by atoms with Crippen molar-refractivity contribution in [1.29, 1.82) is 0 Å². The number of hydrogen-bond acceptors (Lipinski definition) is 4. The summed E-state index contributed by atoms with van der Waals surface area (Å²) in [7, 11) is 3.27. The second-order valence-electron chi connectivity index (χ2n) is 5.14. The zero-order valence-corrected chi connectivity index (χ0v) is 14.6. The van der Waals surface area contributed by atoms with Crippen LogP contribution in [0.1, 0.15) is 25.5 Å². The van der Waals surface area contributed by atoms with Gasteiger partial charge in [0.1, 0.15) is 5.75 Å². The minimum absolute atomic E-state index is 0.129. The van der Waals surface area contributed by atoms with E-state index in [0.29, 0.717) is 19.7 Å². The lowest BCUT2D eigenvalue weighted by molar-refractivity contribution is 0.191. The molecular weight excluding hydrogens is 294 g/mol. The Balaban J connectivity index is 2.70. The summed E-state index contributed by atoms with van der Waals surface area (Å²) in [6.45, 7) is 7.64. The summed E-state index contributed by atoms with van der Waals surface area (Å²) in [4.78, 5) is 14.2. The number of amides is 2. The number of hydrogen-bond donors (Lipinski definition) is 2. The number of benzene rings is 1. The molecule has 0 bridgehead atoms. The average molecular weight is 323 g/mol. The highest BCUT2D eigenvalue weighted by molar-refractivity contribution is 5.73. The molecule has 1 rings (SSSR count). The fourth-order valence-electron chi connectivity index (χ4n) is 2.47. The highest BCUT2D eigenvalue weighted by Gasteiger charge is 2.18. The van der Waals surface area contributed by atoms with Crippen LogP contribution in [0, 0.1) is 0 Å². The summed E-state index contributed by atoms with van der Waals surface area (Å²) in [5.41, 5.74) is 1.16. The van der Waals surface area contributed by atoms with E-state index in [1.165, 1.54) is 0 Å². The zero-order valence-electron chi connectivity index (χ0n) is 14.6. The number of methoxy groups -OCH3 is 2. The van der Waals surface area contributed by atoms with Crippen molar-refractivity contribution in [1.82, 2.24) is 15.5 Å². The van der Waals surface area contributed by atoms with Gasteiger partial charge in [-0.2, -0.15) is 0 Å². The van der Waals surface area contributed by atoms with Crippen molar-refractivity contribution in [2.75, 3.05) is 47.0 Å². The van der Waals surface area contributed by atoms with E-state index < -0.39 is 0 Å². The molecule has 6 nitrogen and oxygen atoms in total. The smallest absolute Gasteiger partial charge is 0.314 e. The first kappa shape index (κ1) is 19.3. The molecular formula is C17H29N3O3. The third-order valence-corrected chi connectivity index (χ3v) is 3.80. The average Bonchev–Trinajstić information content (AvgIpc) is 2.59. The Kier molecular flexibility index (Phi) is 9.09. The fraction of sp³-hybridized carbons (Fsp3) is 0.588. The Hall–Kier alpha value is -1.79. The third-order valence-electron chi connectivity index (χ3n) is 3.80. The molecule has 2 amide bonds. The molecule has 0 spiro atoms. The predicted octanol–water partition coefficient (Wildman–Crippen LogP) is 2.02. The monoisotopic (exact) mass is 323 g/mol. The number of urea groups is 1. The minimum atomic E-state index is -0.173. The molecule has 0 radical (unpaired) electrons. The van der Waals surface area contributed by atoms with E-state index in [2.05, 4.69) is 29.4 Å². The number of nitrogens with one attached hydrogen (secondary N) is 2. The van der Waals surface area contributed by atoms with Gasteiger partial charge in [0, 0.05) is 20.2 Å². The summed E-state index contributed by atoms with van der Waals surface area (Å²) >= 11 is 0. The summed E-state index contributed by atoms with van der Waals surface area (Å²) in [6.07, 6.45) is 0. The fourth-order valence-corrected chi connectivity index (χ4v) is 2.47. The van der Waals surface area contributed by atoms with Crippen molar-refractivity contribution in [3.05, 3.63) is 29.8 Å². The first-order valence-electron chi connectivity index (χ1n) is 8.04. The van der Waals surface area contributed by atoms with E-state index in [4.69, 9.17) is 9.47 Å². The lowest BCUT2D eigenvalue weighted by Crippen LogP contribution is -2.43. The van der Waals surface area contributed by atoms with Crippen molar-refractivity contribution < 1.29 is 14.3 Å². The molecule has 6 heteroatoms. The Morgan fingerprint density at radius 3 is 2.30 bits per heavy atom. The van der Waals surface area contributed by atoms with Crippen LogP contribution in [0.2, 0.25) is 0 Å². The second kappa shape index (κ2) is 10.9. The number of nitrogens with zero attached hydrogens (tertiary/aromatic N) is 1. The van der Waals surface area contributed by atoms with Gasteiger partial charge in [-0.3, -0.25) is 4.90 Å². The van der Waals surface area contributed by atoms with Gasteiger partial charge in [-0.25, -0.2) is 4.79 Å². The molecule has 1 aromatic carbocycles. The Morgan fingerprint density at radius 2 is 1.78 bits per heavy atom. The molecule has 1 aromatic rings. The Labute approximate surface area is 139 Å². The van der Waals surface area contributed by atoms with Gasteiger partial charge in [0.25, 0.3) is 0 Å². The maximum atomic E-state index is 11.8. The molecule has 0 aromatic heterocycles. The largest absolute Gasteiger partial charge is 0.497 e. The molecule has 1 atom stereocenters. The van der Waals surface area contributed by atoms with Gasteiger partial charge in [-0.1, -0.05) is 26.0 Å². The van der Waals surface area contributed by atoms with Crippen LogP contribution in [0.3, 0.4) is 0 Å². The maximum absolute atomic E-state index is 11.8. The van der Waals surface area contributed by atoms with Gasteiger partial charge in [0.2, 0.25) is 0 Å². The van der Waals surface area contributed by atoms with Gasteiger partial charge in [0.05, 0.1) is 19.8 Å². The highest BCUT2D eigenvalue weighted by Crippen LogP contribution is 2.22. The molecule has 0 aliphatic carbocycles. The number of likely N-dealkylation sites (N-methyl/N-ethyl adjacent to an activating group) is 1. The standard InChI is InChI=1S/C17H29N3O3/c1-5-20(6-2)16(13-19-17(21)18-11-12-22-3)14-7-9-15(23-4)10-8-14/h7-10,16H,5-6,11-13H2,1-4H3,(H2,18,19,21). The Bertz CT molecular complexity index is 447. The van der Waals surface area contributed by atoms with Crippen LogP contribution in [0.15, 0.2) is 24.3 Å². The molecule has 1 unspecified atom stereocenters. The molecule has 23 heavy (non-hydrogen) atoms. The Morgan fingerprint density at radius 1 is 1.13 bits per heavy atom. The summed E-state index contributed by atoms with van der Waals surface area (Å²) in [5.74, 6) is 0.831. The van der Waals surface area contributed by atoms with E-state index >= 15 is 0 Å². The van der Waals surface area contributed by atoms with Crippen LogP contribution < -0.4 is 15.4 Å². The van der Waals surface area contributed by atoms with Crippen molar-refractivity contribution in [3.8, 4) is 5.75 Å². The molecule has 0 saturated carbocycles. The number of carbonyl (C=O) groups excluding carboxylic acids is 1. The minimum Gasteiger partial charge on any atom is -0.497 e. The summed E-state index contributed by atoms with van der Waals surface area (Å²) in [6, 6.07) is 7.95. The molecule has 2 N–H and O–H groups in total. The van der Waals surface area contributed by atoms with Crippen molar-refractivity contribution in [2.45, 2.75) is 19.9 Å². The lowest BCUT2D eigenvalue weighted by Gasteiger charge is -2.30. The van der Waals surface area contributed by atoms with Crippen LogP contribution in [0.4, 0.5) is 4.79 Å². The van der Waals surface area contributed by atoms with Crippen LogP contribution in [0.5, 0.6) is 5.75 Å². The first-order chi connectivity index (χ1) is 11.2. The van der Waals surface area contributed by atoms with Crippen molar-refractivity contribution >= 4 is 6.03 Å². The highest BCUT2D eigenvalue weighted by atomic mass is 16.5. The number of ether oxygens (including phenoxy) is 2. The first-order valence-corrected chi connectivity index (χ1v) is 8.04. The molecule has 0 aliphatic heterocycles. The normalized spacial score (nSPS) is 12.0. The summed E-state index contributed by atoms with van der Waals surface area (Å²) < 4.78 is 10.1. The van der Waals surface area contributed by atoms with E-state index in [1.807, 2.05) is 24.3 Å². The van der Waals surface area contributed by atoms with Gasteiger partial charge >= 0.3 is 6.03 Å². The molecule has 130 valence electrons. The van der Waals surface area contributed by atoms with Gasteiger partial charge in [0.15, 0.2) is 0 Å². The quantitative estimate of drug-likeness (QED) is 0.647. The van der Waals surface area contributed by atoms with E-state index in [0.717, 1.165) is 24.4 Å². The lowest BCUT2D eigenvalue weighted by atomic mass is 10.0. The van der Waals surface area contributed by atoms with Crippen LogP contribution in [-0.2, 0) is 4.74 Å². The SMILES string of the molecule is CCN(CC)C(CNC(=O)NCCOC)c1ccc(OC)cc1. The van der Waals surface area contributed by atoms with E-state index in [1.54, 1.807) is 14.2 Å². The number of rotatable bonds is 10. The topological polar surface area (TPSA) is 62.8 Å². The summed E-state index contributed by atoms with van der Waals surface area (Å²) in [5, 5.41) is 5.71. The molecule has 0 aliphatic rings. The van der Waals surface area contributed by atoms with Gasteiger partial charge in [-0.15, -0.1) is 0 Å². The predicted molar refractivity (Wildman–Crippen MR) is 91.9 cm³/mol. The van der Waals surface area contributed by atoms with Crippen LogP contribution in [0.25, 0.3) is 0 Å². The maximum Gasteiger partial charge on any atom is 0.314 e.